The third-order valence-electron chi connectivity index (χ3n) is 2.35. The smallest absolute Gasteiger partial charge is 0.0801 e. The molecular weight excluding hydrogens is 218 g/mol. The molecule has 2 aromatic rings. The molecule has 0 bridgehead atoms. The Morgan fingerprint density at radius 1 is 1.44 bits per heavy atom. The van der Waals surface area contributed by atoms with Crippen LogP contribution in [-0.2, 0) is 0 Å². The van der Waals surface area contributed by atoms with Crippen LogP contribution >= 0.6 is 11.3 Å². The molecule has 0 aliphatic carbocycles. The highest BCUT2D eigenvalue weighted by Gasteiger charge is 2.14. The van der Waals surface area contributed by atoms with Crippen LogP contribution in [0.1, 0.15) is 30.6 Å². The summed E-state index contributed by atoms with van der Waals surface area (Å²) in [6.07, 6.45) is 6.38. The largest absolute Gasteiger partial charge is 0.305 e. The van der Waals surface area contributed by atoms with E-state index in [4.69, 9.17) is 0 Å². The molecule has 2 rings (SSSR count). The lowest BCUT2D eigenvalue weighted by Crippen LogP contribution is -2.23. The van der Waals surface area contributed by atoms with Gasteiger partial charge < -0.3 is 5.32 Å². The third-order valence-corrected chi connectivity index (χ3v) is 3.06. The van der Waals surface area contributed by atoms with Gasteiger partial charge in [-0.05, 0) is 35.4 Å². The number of hydrogen-bond acceptors (Lipinski definition) is 4. The zero-order valence-corrected chi connectivity index (χ0v) is 10.1. The number of aromatic nitrogens is 2. The van der Waals surface area contributed by atoms with E-state index in [1.165, 1.54) is 5.56 Å². The first-order chi connectivity index (χ1) is 7.92. The fourth-order valence-electron chi connectivity index (χ4n) is 1.58. The monoisotopic (exact) mass is 233 g/mol. The first kappa shape index (κ1) is 11.2. The van der Waals surface area contributed by atoms with E-state index in [0.29, 0.717) is 0 Å². The molecule has 3 nitrogen and oxygen atoms in total. The van der Waals surface area contributed by atoms with Crippen LogP contribution < -0.4 is 5.32 Å². The molecule has 1 N–H and O–H groups in total. The van der Waals surface area contributed by atoms with Crippen molar-refractivity contribution in [3.63, 3.8) is 0 Å². The molecule has 2 aromatic heterocycles. The van der Waals surface area contributed by atoms with Crippen LogP contribution in [0.3, 0.4) is 0 Å². The Balaban J connectivity index is 2.21. The number of thiophene rings is 1. The second kappa shape index (κ2) is 5.72. The van der Waals surface area contributed by atoms with Crippen molar-refractivity contribution in [3.8, 4) is 0 Å². The van der Waals surface area contributed by atoms with E-state index in [1.807, 2.05) is 6.20 Å². The second-order valence-electron chi connectivity index (χ2n) is 3.57. The van der Waals surface area contributed by atoms with E-state index in [0.717, 1.165) is 18.7 Å². The van der Waals surface area contributed by atoms with Crippen LogP contribution in [-0.4, -0.2) is 16.5 Å². The van der Waals surface area contributed by atoms with E-state index in [2.05, 4.69) is 39.0 Å². The minimum Gasteiger partial charge on any atom is -0.305 e. The minimum absolute atomic E-state index is 0.167. The Hall–Kier alpha value is -1.26. The summed E-state index contributed by atoms with van der Waals surface area (Å²) in [7, 11) is 0. The predicted octanol–water partition coefficient (Wildman–Crippen LogP) is 2.63. The average molecular weight is 233 g/mol. The van der Waals surface area contributed by atoms with Crippen molar-refractivity contribution in [2.75, 3.05) is 6.54 Å². The van der Waals surface area contributed by atoms with Crippen molar-refractivity contribution in [2.45, 2.75) is 19.4 Å². The quantitative estimate of drug-likeness (QED) is 0.862. The van der Waals surface area contributed by atoms with Gasteiger partial charge >= 0.3 is 0 Å². The lowest BCUT2D eigenvalue weighted by atomic mass is 10.1. The molecule has 16 heavy (non-hydrogen) atoms. The van der Waals surface area contributed by atoms with Gasteiger partial charge in [-0.25, -0.2) is 0 Å². The summed E-state index contributed by atoms with van der Waals surface area (Å²) in [5.74, 6) is 0. The zero-order valence-electron chi connectivity index (χ0n) is 9.26. The zero-order chi connectivity index (χ0) is 11.2. The van der Waals surface area contributed by atoms with Crippen LogP contribution in [0.4, 0.5) is 0 Å². The molecule has 0 radical (unpaired) electrons. The summed E-state index contributed by atoms with van der Waals surface area (Å²) in [5.41, 5.74) is 2.24. The molecule has 0 aliphatic rings. The molecular formula is C12H15N3S. The maximum Gasteiger partial charge on any atom is 0.0801 e. The molecule has 1 unspecified atom stereocenters. The molecule has 0 aromatic carbocycles. The number of nitrogens with one attached hydrogen (secondary N) is 1. The predicted molar refractivity (Wildman–Crippen MR) is 66.5 cm³/mol. The van der Waals surface area contributed by atoms with Gasteiger partial charge in [-0.3, -0.25) is 9.97 Å². The van der Waals surface area contributed by atoms with Crippen molar-refractivity contribution in [2.24, 2.45) is 0 Å². The highest BCUT2D eigenvalue weighted by Crippen LogP contribution is 2.21. The average Bonchev–Trinajstić information content (AvgIpc) is 2.85. The Morgan fingerprint density at radius 3 is 3.00 bits per heavy atom. The molecule has 1 atom stereocenters. The van der Waals surface area contributed by atoms with Crippen molar-refractivity contribution >= 4 is 11.3 Å². The highest BCUT2D eigenvalue weighted by atomic mass is 32.1. The van der Waals surface area contributed by atoms with Crippen molar-refractivity contribution < 1.29 is 0 Å². The van der Waals surface area contributed by atoms with Crippen LogP contribution in [0.15, 0.2) is 35.4 Å². The summed E-state index contributed by atoms with van der Waals surface area (Å²) < 4.78 is 0. The van der Waals surface area contributed by atoms with Gasteiger partial charge in [-0.15, -0.1) is 0 Å². The van der Waals surface area contributed by atoms with Gasteiger partial charge in [0.2, 0.25) is 0 Å². The van der Waals surface area contributed by atoms with Gasteiger partial charge in [0, 0.05) is 12.4 Å². The Kier molecular flexibility index (Phi) is 4.02. The van der Waals surface area contributed by atoms with Gasteiger partial charge in [-0.2, -0.15) is 11.3 Å². The first-order valence-corrected chi connectivity index (χ1v) is 6.37. The normalized spacial score (nSPS) is 12.6. The molecule has 0 aliphatic heterocycles. The molecule has 0 fully saturated rings. The van der Waals surface area contributed by atoms with Gasteiger partial charge in [0.25, 0.3) is 0 Å². The molecule has 0 saturated carbocycles. The van der Waals surface area contributed by atoms with Crippen LogP contribution in [0, 0.1) is 0 Å². The van der Waals surface area contributed by atoms with Gasteiger partial charge in [0.05, 0.1) is 17.9 Å². The van der Waals surface area contributed by atoms with Gasteiger partial charge in [0.1, 0.15) is 0 Å². The minimum atomic E-state index is 0.167. The van der Waals surface area contributed by atoms with E-state index in [-0.39, 0.29) is 6.04 Å². The van der Waals surface area contributed by atoms with E-state index in [1.54, 1.807) is 23.7 Å². The van der Waals surface area contributed by atoms with Crippen molar-refractivity contribution in [1.82, 2.24) is 15.3 Å². The summed E-state index contributed by atoms with van der Waals surface area (Å²) in [4.78, 5) is 8.49. The molecule has 84 valence electrons. The number of hydrogen-bond donors (Lipinski definition) is 1. The van der Waals surface area contributed by atoms with Crippen LogP contribution in [0.25, 0.3) is 0 Å². The SMILES string of the molecule is CCCNC(c1ccsc1)c1cnccn1. The lowest BCUT2D eigenvalue weighted by molar-refractivity contribution is 0.585. The number of nitrogens with zero attached hydrogens (tertiary/aromatic N) is 2. The number of rotatable bonds is 5. The Labute approximate surface area is 99.6 Å². The molecule has 0 saturated heterocycles. The standard InChI is InChI=1S/C12H15N3S/c1-2-4-15-12(10-3-7-16-9-10)11-8-13-5-6-14-11/h3,5-9,12,15H,2,4H2,1H3. The fourth-order valence-corrected chi connectivity index (χ4v) is 2.27. The molecule has 0 amide bonds. The summed E-state index contributed by atoms with van der Waals surface area (Å²) >= 11 is 1.71. The van der Waals surface area contributed by atoms with Crippen molar-refractivity contribution in [1.29, 1.82) is 0 Å². The van der Waals surface area contributed by atoms with E-state index >= 15 is 0 Å². The highest BCUT2D eigenvalue weighted by molar-refractivity contribution is 7.08. The summed E-state index contributed by atoms with van der Waals surface area (Å²) in [6.45, 7) is 3.14. The second-order valence-corrected chi connectivity index (χ2v) is 4.35. The fraction of sp³-hybridized carbons (Fsp3) is 0.333. The Morgan fingerprint density at radius 2 is 2.38 bits per heavy atom. The lowest BCUT2D eigenvalue weighted by Gasteiger charge is -2.16. The van der Waals surface area contributed by atoms with Gasteiger partial charge in [0.15, 0.2) is 0 Å². The van der Waals surface area contributed by atoms with E-state index in [9.17, 15) is 0 Å². The van der Waals surface area contributed by atoms with Crippen LogP contribution in [0.5, 0.6) is 0 Å². The van der Waals surface area contributed by atoms with Gasteiger partial charge in [-0.1, -0.05) is 6.92 Å². The molecule has 2 heterocycles. The maximum absolute atomic E-state index is 4.37. The Bertz CT molecular complexity index is 399. The first-order valence-electron chi connectivity index (χ1n) is 5.43. The third kappa shape index (κ3) is 2.65. The van der Waals surface area contributed by atoms with Crippen molar-refractivity contribution in [3.05, 3.63) is 46.7 Å². The molecule has 0 spiro atoms. The summed E-state index contributed by atoms with van der Waals surface area (Å²) in [5, 5.41) is 7.74. The maximum atomic E-state index is 4.37. The summed E-state index contributed by atoms with van der Waals surface area (Å²) in [6, 6.07) is 2.30. The molecule has 4 heteroatoms. The van der Waals surface area contributed by atoms with E-state index < -0.39 is 0 Å². The van der Waals surface area contributed by atoms with Crippen LogP contribution in [0.2, 0.25) is 0 Å². The topological polar surface area (TPSA) is 37.8 Å².